The van der Waals surface area contributed by atoms with Crippen molar-refractivity contribution in [1.29, 1.82) is 0 Å². The van der Waals surface area contributed by atoms with Crippen molar-refractivity contribution in [1.82, 2.24) is 15.0 Å². The molecular weight excluding hydrogens is 364 g/mol. The van der Waals surface area contributed by atoms with Crippen LogP contribution in [0.5, 0.6) is 0 Å². The Bertz CT molecular complexity index is 1030. The topological polar surface area (TPSA) is 50.7 Å². The fourth-order valence-corrected chi connectivity index (χ4v) is 3.49. The second-order valence-electron chi connectivity index (χ2n) is 5.79. The Kier molecular flexibility index (Phi) is 4.65. The van der Waals surface area contributed by atoms with Crippen molar-refractivity contribution in [2.45, 2.75) is 6.92 Å². The van der Waals surface area contributed by atoms with Crippen LogP contribution in [-0.2, 0) is 0 Å². The Morgan fingerprint density at radius 1 is 0.923 bits per heavy atom. The maximum Gasteiger partial charge on any atom is 0.133 e. The first kappa shape index (κ1) is 16.7. The van der Waals surface area contributed by atoms with Crippen LogP contribution in [0.2, 0.25) is 5.02 Å². The summed E-state index contributed by atoms with van der Waals surface area (Å²) in [6.45, 7) is 1.94. The number of anilines is 2. The first-order valence-electron chi connectivity index (χ1n) is 8.05. The number of hydrogen-bond acceptors (Lipinski definition) is 5. The van der Waals surface area contributed by atoms with E-state index in [9.17, 15) is 0 Å². The monoisotopic (exact) mass is 378 g/mol. The highest BCUT2D eigenvalue weighted by Crippen LogP contribution is 2.30. The maximum atomic E-state index is 5.95. The van der Waals surface area contributed by atoms with Gasteiger partial charge in [-0.05, 0) is 31.2 Å². The Hall–Kier alpha value is -2.76. The number of nitrogens with zero attached hydrogens (tertiary/aromatic N) is 3. The number of rotatable bonds is 4. The standard InChI is InChI=1S/C20H15ClN4S/c1-13-10-19(23-12-22-13)24-17-8-4-14(5-9-17)18-11-26-20(25-18)15-2-6-16(21)7-3-15/h2-12H,1H3,(H,22,23,24). The van der Waals surface area contributed by atoms with E-state index in [4.69, 9.17) is 16.6 Å². The minimum absolute atomic E-state index is 0.729. The van der Waals surface area contributed by atoms with Gasteiger partial charge in [-0.2, -0.15) is 0 Å². The largest absolute Gasteiger partial charge is 0.340 e. The number of halogens is 1. The van der Waals surface area contributed by atoms with Crippen LogP contribution in [0.3, 0.4) is 0 Å². The van der Waals surface area contributed by atoms with Crippen LogP contribution in [0.25, 0.3) is 21.8 Å². The molecular formula is C20H15ClN4S. The summed E-state index contributed by atoms with van der Waals surface area (Å²) in [6.07, 6.45) is 1.56. The summed E-state index contributed by atoms with van der Waals surface area (Å²) in [5.74, 6) is 0.781. The molecule has 1 N–H and O–H groups in total. The van der Waals surface area contributed by atoms with Gasteiger partial charge in [-0.1, -0.05) is 35.9 Å². The average molecular weight is 379 g/mol. The normalized spacial score (nSPS) is 10.7. The molecule has 0 fully saturated rings. The summed E-state index contributed by atoms with van der Waals surface area (Å²) in [4.78, 5) is 13.1. The van der Waals surface area contributed by atoms with Gasteiger partial charge in [0.05, 0.1) is 5.69 Å². The summed E-state index contributed by atoms with van der Waals surface area (Å²) >= 11 is 7.58. The maximum absolute atomic E-state index is 5.95. The van der Waals surface area contributed by atoms with Gasteiger partial charge >= 0.3 is 0 Å². The summed E-state index contributed by atoms with van der Waals surface area (Å²) in [5.41, 5.74) is 5.01. The highest BCUT2D eigenvalue weighted by atomic mass is 35.5. The Morgan fingerprint density at radius 3 is 2.38 bits per heavy atom. The quantitative estimate of drug-likeness (QED) is 0.475. The lowest BCUT2D eigenvalue weighted by Crippen LogP contribution is -1.95. The number of thiazole rings is 1. The van der Waals surface area contributed by atoms with Gasteiger partial charge < -0.3 is 5.32 Å². The first-order valence-corrected chi connectivity index (χ1v) is 9.31. The van der Waals surface area contributed by atoms with Crippen LogP contribution in [-0.4, -0.2) is 15.0 Å². The Labute approximate surface area is 160 Å². The fraction of sp³-hybridized carbons (Fsp3) is 0.0500. The molecule has 0 atom stereocenters. The van der Waals surface area contributed by atoms with Crippen molar-refractivity contribution < 1.29 is 0 Å². The van der Waals surface area contributed by atoms with E-state index >= 15 is 0 Å². The van der Waals surface area contributed by atoms with Crippen LogP contribution in [0.15, 0.2) is 66.3 Å². The van der Waals surface area contributed by atoms with Gasteiger partial charge in [0.15, 0.2) is 0 Å². The molecule has 0 spiro atoms. The van der Waals surface area contributed by atoms with Gasteiger partial charge in [-0.25, -0.2) is 15.0 Å². The minimum Gasteiger partial charge on any atom is -0.340 e. The Balaban J connectivity index is 1.53. The zero-order valence-electron chi connectivity index (χ0n) is 14.0. The minimum atomic E-state index is 0.729. The summed E-state index contributed by atoms with van der Waals surface area (Å²) in [7, 11) is 0. The van der Waals surface area contributed by atoms with Crippen LogP contribution >= 0.6 is 22.9 Å². The van der Waals surface area contributed by atoms with E-state index in [0.717, 1.165) is 44.1 Å². The third kappa shape index (κ3) is 3.74. The van der Waals surface area contributed by atoms with E-state index in [1.54, 1.807) is 17.7 Å². The highest BCUT2D eigenvalue weighted by Gasteiger charge is 2.07. The molecule has 2 heterocycles. The third-order valence-electron chi connectivity index (χ3n) is 3.85. The van der Waals surface area contributed by atoms with Crippen LogP contribution in [0, 0.1) is 6.92 Å². The summed E-state index contributed by atoms with van der Waals surface area (Å²) in [6, 6.07) is 17.8. The molecule has 0 unspecified atom stereocenters. The molecule has 26 heavy (non-hydrogen) atoms. The molecule has 128 valence electrons. The molecule has 0 aliphatic carbocycles. The van der Waals surface area contributed by atoms with E-state index in [1.165, 1.54) is 0 Å². The van der Waals surface area contributed by atoms with E-state index in [0.29, 0.717) is 0 Å². The SMILES string of the molecule is Cc1cc(Nc2ccc(-c3csc(-c4ccc(Cl)cc4)n3)cc2)ncn1. The molecule has 2 aromatic heterocycles. The fourth-order valence-electron chi connectivity index (χ4n) is 2.53. The molecule has 2 aromatic carbocycles. The van der Waals surface area contributed by atoms with Crippen LogP contribution in [0.1, 0.15) is 5.69 Å². The lowest BCUT2D eigenvalue weighted by molar-refractivity contribution is 1.10. The second kappa shape index (κ2) is 7.23. The van der Waals surface area contributed by atoms with Gasteiger partial charge in [0.25, 0.3) is 0 Å². The van der Waals surface area contributed by atoms with Gasteiger partial charge in [0, 0.05) is 39.0 Å². The molecule has 0 saturated heterocycles. The smallest absolute Gasteiger partial charge is 0.133 e. The molecule has 6 heteroatoms. The molecule has 0 saturated carbocycles. The average Bonchev–Trinajstić information content (AvgIpc) is 3.13. The van der Waals surface area contributed by atoms with Gasteiger partial charge in [0.2, 0.25) is 0 Å². The Morgan fingerprint density at radius 2 is 1.65 bits per heavy atom. The van der Waals surface area contributed by atoms with Gasteiger partial charge in [-0.15, -0.1) is 11.3 Å². The lowest BCUT2D eigenvalue weighted by Gasteiger charge is -2.06. The van der Waals surface area contributed by atoms with E-state index in [2.05, 4.69) is 32.8 Å². The third-order valence-corrected chi connectivity index (χ3v) is 5.00. The predicted octanol–water partition coefficient (Wildman–Crippen LogP) is 5.97. The number of benzene rings is 2. The van der Waals surface area contributed by atoms with Gasteiger partial charge in [0.1, 0.15) is 17.2 Å². The number of aryl methyl sites for hydroxylation is 1. The van der Waals surface area contributed by atoms with E-state index < -0.39 is 0 Å². The molecule has 4 aromatic rings. The summed E-state index contributed by atoms with van der Waals surface area (Å²) in [5, 5.41) is 7.06. The van der Waals surface area contributed by atoms with Crippen LogP contribution < -0.4 is 5.32 Å². The number of aromatic nitrogens is 3. The van der Waals surface area contributed by atoms with E-state index in [-0.39, 0.29) is 0 Å². The zero-order chi connectivity index (χ0) is 17.9. The molecule has 0 radical (unpaired) electrons. The highest BCUT2D eigenvalue weighted by molar-refractivity contribution is 7.13. The second-order valence-corrected chi connectivity index (χ2v) is 7.09. The van der Waals surface area contributed by atoms with Gasteiger partial charge in [-0.3, -0.25) is 0 Å². The van der Waals surface area contributed by atoms with Crippen molar-refractivity contribution in [3.8, 4) is 21.8 Å². The molecule has 0 aliphatic rings. The number of nitrogens with one attached hydrogen (secondary N) is 1. The van der Waals surface area contributed by atoms with Crippen LogP contribution in [0.4, 0.5) is 11.5 Å². The molecule has 0 bridgehead atoms. The molecule has 4 nitrogen and oxygen atoms in total. The zero-order valence-corrected chi connectivity index (χ0v) is 15.6. The van der Waals surface area contributed by atoms with Crippen molar-refractivity contribution >= 4 is 34.4 Å². The molecule has 4 rings (SSSR count). The molecule has 0 amide bonds. The van der Waals surface area contributed by atoms with E-state index in [1.807, 2.05) is 49.4 Å². The van der Waals surface area contributed by atoms with Crippen molar-refractivity contribution in [3.63, 3.8) is 0 Å². The van der Waals surface area contributed by atoms with Crippen molar-refractivity contribution in [2.24, 2.45) is 0 Å². The van der Waals surface area contributed by atoms with Crippen molar-refractivity contribution in [3.05, 3.63) is 77.0 Å². The first-order chi connectivity index (χ1) is 12.7. The van der Waals surface area contributed by atoms with Crippen molar-refractivity contribution in [2.75, 3.05) is 5.32 Å². The summed E-state index contributed by atoms with van der Waals surface area (Å²) < 4.78 is 0. The molecule has 0 aliphatic heterocycles. The number of hydrogen-bond donors (Lipinski definition) is 1. The lowest BCUT2D eigenvalue weighted by atomic mass is 10.1. The predicted molar refractivity (Wildman–Crippen MR) is 108 cm³/mol.